The number of fused-ring (bicyclic) bond motifs is 2. The highest BCUT2D eigenvalue weighted by atomic mass is 16.5. The molecule has 0 spiro atoms. The summed E-state index contributed by atoms with van der Waals surface area (Å²) in [5, 5.41) is 3.00. The topological polar surface area (TPSA) is 91.0 Å². The Hall–Kier alpha value is -5.19. The summed E-state index contributed by atoms with van der Waals surface area (Å²) >= 11 is 0. The van der Waals surface area contributed by atoms with Crippen molar-refractivity contribution in [3.8, 4) is 46.0 Å². The molecule has 6 bridgehead atoms. The lowest BCUT2D eigenvalue weighted by Gasteiger charge is -2.37. The quantitative estimate of drug-likeness (QED) is 0.210. The molecule has 1 amide bonds. The van der Waals surface area contributed by atoms with Crippen molar-refractivity contribution >= 4 is 11.6 Å². The lowest BCUT2D eigenvalue weighted by atomic mass is 9.86. The van der Waals surface area contributed by atoms with Crippen molar-refractivity contribution in [2.45, 2.75) is 37.8 Å². The van der Waals surface area contributed by atoms with Crippen molar-refractivity contribution in [3.05, 3.63) is 101 Å². The highest BCUT2D eigenvalue weighted by Gasteiger charge is 2.35. The Morgan fingerprint density at radius 2 is 1.41 bits per heavy atom. The Kier molecular flexibility index (Phi) is 9.54. The molecule has 0 radical (unpaired) electrons. The smallest absolute Gasteiger partial charge is 0.247 e. The molecule has 51 heavy (non-hydrogen) atoms. The van der Waals surface area contributed by atoms with Crippen LogP contribution in [-0.2, 0) is 30.5 Å². The van der Waals surface area contributed by atoms with Gasteiger partial charge in [0.15, 0.2) is 34.5 Å². The first-order valence-electron chi connectivity index (χ1n) is 17.2. The monoisotopic (exact) mass is 691 g/mol. The number of carbonyl (C=O) groups is 1. The molecular weight excluding hydrogens is 646 g/mol. The molecule has 0 saturated carbocycles. The maximum absolute atomic E-state index is 12.7. The van der Waals surface area contributed by atoms with Gasteiger partial charge in [-0.3, -0.25) is 14.6 Å². The lowest BCUT2D eigenvalue weighted by Crippen LogP contribution is -2.34. The van der Waals surface area contributed by atoms with E-state index in [9.17, 15) is 4.79 Å². The van der Waals surface area contributed by atoms with E-state index < -0.39 is 0 Å². The van der Waals surface area contributed by atoms with Crippen LogP contribution in [0.4, 0.5) is 5.69 Å². The summed E-state index contributed by atoms with van der Waals surface area (Å²) in [6.45, 7) is 5.39. The molecule has 0 aliphatic carbocycles. The van der Waals surface area contributed by atoms with E-state index in [1.165, 1.54) is 22.8 Å². The van der Waals surface area contributed by atoms with E-state index in [-0.39, 0.29) is 18.0 Å². The first kappa shape index (κ1) is 34.3. The molecular formula is C41H45N3O7. The van der Waals surface area contributed by atoms with Crippen LogP contribution >= 0.6 is 0 Å². The minimum atomic E-state index is -0.326. The van der Waals surface area contributed by atoms with E-state index in [1.54, 1.807) is 34.5 Å². The third kappa shape index (κ3) is 6.45. The predicted molar refractivity (Wildman–Crippen MR) is 197 cm³/mol. The van der Waals surface area contributed by atoms with Gasteiger partial charge in [0.1, 0.15) is 5.75 Å². The summed E-state index contributed by atoms with van der Waals surface area (Å²) in [5.74, 6) is 4.31. The van der Waals surface area contributed by atoms with Crippen LogP contribution in [0.2, 0.25) is 0 Å². The predicted octanol–water partition coefficient (Wildman–Crippen LogP) is 7.29. The minimum Gasteiger partial charge on any atom is -0.493 e. The normalized spacial score (nSPS) is 18.2. The Morgan fingerprint density at radius 1 is 0.765 bits per heavy atom. The number of hydrogen-bond donors (Lipinski definition) is 1. The number of methoxy groups -OCH3 is 4. The van der Waals surface area contributed by atoms with Crippen LogP contribution in [0.15, 0.2) is 67.3 Å². The third-order valence-electron chi connectivity index (χ3n) is 10.4. The average Bonchev–Trinajstić information content (AvgIpc) is 3.14. The number of benzene rings is 4. The Balaban J connectivity index is 1.49. The standard InChI is InChI=1S/C41H45N3O7/c1-8-38(45)42-30-23-34(47-5)35-21-27(30)18-32-39-26(14-16-44(32)3)20-37(48-6)40(49-7)41(39)51-36-22-29-25(19-33(36)46-4)13-15-43(2)31(29)17-24-9-11-28(50-35)12-10-24/h8-12,19-23,31-32H,1,13-18H2,2-7H3,(H,42,45)/t31-,32-/m0/s1. The lowest BCUT2D eigenvalue weighted by molar-refractivity contribution is -0.111. The number of ether oxygens (including phenoxy) is 6. The molecule has 10 heteroatoms. The second-order valence-corrected chi connectivity index (χ2v) is 13.3. The highest BCUT2D eigenvalue weighted by molar-refractivity contribution is 5.99. The molecule has 8 rings (SSSR count). The SMILES string of the molecule is C=CC(=O)Nc1cc(OC)c2cc1C[C@H]1c3c(cc(OC)c(OC)c3Oc3cc4c(cc3OC)CCN(C)[C@H]4Cc3ccc(cc3)O2)CCN1C. The molecule has 0 saturated heterocycles. The van der Waals surface area contributed by atoms with E-state index in [0.717, 1.165) is 49.0 Å². The van der Waals surface area contributed by atoms with E-state index in [2.05, 4.69) is 60.1 Å². The average molecular weight is 692 g/mol. The zero-order chi connectivity index (χ0) is 35.8. The van der Waals surface area contributed by atoms with E-state index in [4.69, 9.17) is 28.4 Å². The summed E-state index contributed by atoms with van der Waals surface area (Å²) in [6, 6.07) is 18.2. The van der Waals surface area contributed by atoms with Gasteiger partial charge in [0.2, 0.25) is 11.7 Å². The van der Waals surface area contributed by atoms with Gasteiger partial charge in [-0.25, -0.2) is 0 Å². The van der Waals surface area contributed by atoms with Crippen molar-refractivity contribution in [1.82, 2.24) is 9.80 Å². The first-order valence-corrected chi connectivity index (χ1v) is 17.2. The number of likely N-dealkylation sites (N-methyl/N-ethyl adjacent to an activating group) is 2. The van der Waals surface area contributed by atoms with Gasteiger partial charge < -0.3 is 33.7 Å². The van der Waals surface area contributed by atoms with Gasteiger partial charge in [-0.1, -0.05) is 18.7 Å². The highest BCUT2D eigenvalue weighted by Crippen LogP contribution is 2.52. The first-order chi connectivity index (χ1) is 24.7. The fourth-order valence-corrected chi connectivity index (χ4v) is 7.64. The van der Waals surface area contributed by atoms with Gasteiger partial charge in [0, 0.05) is 42.5 Å². The summed E-state index contributed by atoms with van der Waals surface area (Å²) in [5.41, 5.74) is 7.14. The zero-order valence-electron chi connectivity index (χ0n) is 30.1. The van der Waals surface area contributed by atoms with Crippen molar-refractivity contribution in [3.63, 3.8) is 0 Å². The number of nitrogens with zero attached hydrogens (tertiary/aromatic N) is 2. The Morgan fingerprint density at radius 3 is 2.10 bits per heavy atom. The third-order valence-corrected chi connectivity index (χ3v) is 10.4. The van der Waals surface area contributed by atoms with Crippen LogP contribution in [0, 0.1) is 0 Å². The van der Waals surface area contributed by atoms with Crippen molar-refractivity contribution in [1.29, 1.82) is 0 Å². The molecule has 2 atom stereocenters. The number of anilines is 1. The summed E-state index contributed by atoms with van der Waals surface area (Å²) in [4.78, 5) is 17.4. The second kappa shape index (κ2) is 14.2. The maximum atomic E-state index is 12.7. The number of carbonyl (C=O) groups excluding carboxylic acids is 1. The molecule has 0 unspecified atom stereocenters. The summed E-state index contributed by atoms with van der Waals surface area (Å²) < 4.78 is 37.3. The Bertz CT molecular complexity index is 1980. The van der Waals surface area contributed by atoms with Crippen LogP contribution in [-0.4, -0.2) is 71.3 Å². The molecule has 4 aromatic carbocycles. The van der Waals surface area contributed by atoms with Gasteiger partial charge >= 0.3 is 0 Å². The van der Waals surface area contributed by atoms with Gasteiger partial charge in [-0.15, -0.1) is 0 Å². The van der Waals surface area contributed by atoms with Gasteiger partial charge in [0.05, 0.1) is 28.4 Å². The van der Waals surface area contributed by atoms with Crippen LogP contribution < -0.4 is 33.7 Å². The second-order valence-electron chi connectivity index (χ2n) is 13.3. The van der Waals surface area contributed by atoms with Crippen LogP contribution in [0.1, 0.15) is 45.5 Å². The van der Waals surface area contributed by atoms with Crippen molar-refractivity contribution in [2.24, 2.45) is 0 Å². The van der Waals surface area contributed by atoms with E-state index in [0.29, 0.717) is 58.1 Å². The van der Waals surface area contributed by atoms with Crippen molar-refractivity contribution in [2.75, 3.05) is 60.9 Å². The molecule has 4 aliphatic rings. The maximum Gasteiger partial charge on any atom is 0.247 e. The number of hydrogen-bond acceptors (Lipinski definition) is 9. The van der Waals surface area contributed by atoms with Gasteiger partial charge in [-0.2, -0.15) is 0 Å². The largest absolute Gasteiger partial charge is 0.493 e. The number of nitrogens with one attached hydrogen (secondary N) is 1. The van der Waals surface area contributed by atoms with Gasteiger partial charge in [0.25, 0.3) is 0 Å². The molecule has 4 heterocycles. The molecule has 4 aromatic rings. The van der Waals surface area contributed by atoms with Gasteiger partial charge in [-0.05, 0) is 110 Å². The molecule has 4 aliphatic heterocycles. The minimum absolute atomic E-state index is 0.119. The summed E-state index contributed by atoms with van der Waals surface area (Å²) in [7, 11) is 10.8. The van der Waals surface area contributed by atoms with Crippen LogP contribution in [0.5, 0.6) is 46.0 Å². The van der Waals surface area contributed by atoms with E-state index >= 15 is 0 Å². The molecule has 1 N–H and O–H groups in total. The molecule has 0 fully saturated rings. The molecule has 0 aromatic heterocycles. The Labute approximate surface area is 299 Å². The van der Waals surface area contributed by atoms with E-state index in [1.807, 2.05) is 24.3 Å². The molecule has 266 valence electrons. The molecule has 10 nitrogen and oxygen atoms in total. The number of amides is 1. The summed E-state index contributed by atoms with van der Waals surface area (Å²) in [6.07, 6.45) is 4.23. The fourth-order valence-electron chi connectivity index (χ4n) is 7.64. The number of rotatable bonds is 6. The van der Waals surface area contributed by atoms with Crippen molar-refractivity contribution < 1.29 is 33.2 Å². The zero-order valence-corrected chi connectivity index (χ0v) is 30.1. The van der Waals surface area contributed by atoms with Crippen LogP contribution in [0.25, 0.3) is 0 Å². The fraction of sp³-hybridized carbons (Fsp3) is 0.341. The van der Waals surface area contributed by atoms with Crippen LogP contribution in [0.3, 0.4) is 0 Å².